The maximum Gasteiger partial charge on any atom is 0.434 e. The number of halogens is 3. The van der Waals surface area contributed by atoms with Gasteiger partial charge in [0.05, 0.1) is 0 Å². The SMILES string of the molecule is Cc1cc(-c2ncc(C)s2)nc(-c2nc(C(F)(F)F)cs2)n1. The second-order valence-electron chi connectivity index (χ2n) is 4.53. The Kier molecular flexibility index (Phi) is 3.69. The van der Waals surface area contributed by atoms with Crippen molar-refractivity contribution in [2.45, 2.75) is 20.0 Å². The van der Waals surface area contributed by atoms with E-state index in [0.29, 0.717) is 16.4 Å². The molecule has 3 rings (SSSR count). The first kappa shape index (κ1) is 15.0. The molecule has 0 bridgehead atoms. The van der Waals surface area contributed by atoms with Gasteiger partial charge in [-0.15, -0.1) is 22.7 Å². The van der Waals surface area contributed by atoms with E-state index < -0.39 is 11.9 Å². The van der Waals surface area contributed by atoms with Crippen LogP contribution in [0.5, 0.6) is 0 Å². The molecule has 0 aliphatic carbocycles. The Bertz CT molecular complexity index is 823. The number of thiazole rings is 2. The Labute approximate surface area is 131 Å². The van der Waals surface area contributed by atoms with E-state index in [4.69, 9.17) is 0 Å². The highest BCUT2D eigenvalue weighted by atomic mass is 32.1. The Morgan fingerprint density at radius 1 is 1.05 bits per heavy atom. The maximum absolute atomic E-state index is 12.6. The maximum atomic E-state index is 12.6. The minimum atomic E-state index is -4.46. The lowest BCUT2D eigenvalue weighted by Crippen LogP contribution is -2.05. The van der Waals surface area contributed by atoms with E-state index >= 15 is 0 Å². The smallest absolute Gasteiger partial charge is 0.243 e. The van der Waals surface area contributed by atoms with Crippen molar-refractivity contribution in [2.24, 2.45) is 0 Å². The third-order valence-corrected chi connectivity index (χ3v) is 4.45. The quantitative estimate of drug-likeness (QED) is 0.694. The highest BCUT2D eigenvalue weighted by molar-refractivity contribution is 7.15. The van der Waals surface area contributed by atoms with Gasteiger partial charge in [-0.05, 0) is 19.9 Å². The summed E-state index contributed by atoms with van der Waals surface area (Å²) in [7, 11) is 0. The molecule has 114 valence electrons. The van der Waals surface area contributed by atoms with Crippen LogP contribution in [0, 0.1) is 13.8 Å². The number of aromatic nitrogens is 4. The van der Waals surface area contributed by atoms with Gasteiger partial charge in [-0.2, -0.15) is 13.2 Å². The van der Waals surface area contributed by atoms with Crippen molar-refractivity contribution in [3.8, 4) is 21.5 Å². The number of aryl methyl sites for hydroxylation is 2. The van der Waals surface area contributed by atoms with Crippen LogP contribution in [0.3, 0.4) is 0 Å². The van der Waals surface area contributed by atoms with Gasteiger partial charge < -0.3 is 0 Å². The second kappa shape index (κ2) is 5.40. The Morgan fingerprint density at radius 3 is 2.41 bits per heavy atom. The fourth-order valence-electron chi connectivity index (χ4n) is 1.75. The molecule has 0 atom stereocenters. The van der Waals surface area contributed by atoms with Crippen LogP contribution < -0.4 is 0 Å². The van der Waals surface area contributed by atoms with Crippen LogP contribution in [0.4, 0.5) is 13.2 Å². The lowest BCUT2D eigenvalue weighted by molar-refractivity contribution is -0.140. The van der Waals surface area contributed by atoms with Crippen molar-refractivity contribution in [3.63, 3.8) is 0 Å². The zero-order valence-corrected chi connectivity index (χ0v) is 13.1. The standard InChI is InChI=1S/C13H9F3N4S2/c1-6-3-8(11-17-4-7(2)22-11)19-10(18-6)12-20-9(5-21-12)13(14,15)16/h3-5H,1-2H3. The average Bonchev–Trinajstić information content (AvgIpc) is 3.05. The van der Waals surface area contributed by atoms with Gasteiger partial charge >= 0.3 is 6.18 Å². The summed E-state index contributed by atoms with van der Waals surface area (Å²) in [5.41, 5.74) is 0.310. The van der Waals surface area contributed by atoms with E-state index in [1.807, 2.05) is 6.92 Å². The molecule has 0 saturated heterocycles. The Balaban J connectivity index is 2.04. The van der Waals surface area contributed by atoms with Gasteiger partial charge in [0, 0.05) is 22.1 Å². The normalized spacial score (nSPS) is 11.9. The molecule has 3 heterocycles. The molecule has 0 radical (unpaired) electrons. The third-order valence-electron chi connectivity index (χ3n) is 2.68. The number of hydrogen-bond donors (Lipinski definition) is 0. The summed E-state index contributed by atoms with van der Waals surface area (Å²) in [6.07, 6.45) is -2.74. The Morgan fingerprint density at radius 2 is 1.82 bits per heavy atom. The summed E-state index contributed by atoms with van der Waals surface area (Å²) >= 11 is 2.34. The summed E-state index contributed by atoms with van der Waals surface area (Å²) in [6.45, 7) is 3.68. The van der Waals surface area contributed by atoms with Crippen molar-refractivity contribution in [1.29, 1.82) is 0 Å². The van der Waals surface area contributed by atoms with Gasteiger partial charge in [0.1, 0.15) is 10.7 Å². The molecule has 0 fully saturated rings. The van der Waals surface area contributed by atoms with Crippen LogP contribution >= 0.6 is 22.7 Å². The molecule has 0 aromatic carbocycles. The fourth-order valence-corrected chi connectivity index (χ4v) is 3.24. The lowest BCUT2D eigenvalue weighted by Gasteiger charge is -2.02. The average molecular weight is 342 g/mol. The van der Waals surface area contributed by atoms with Crippen molar-refractivity contribution in [3.05, 3.63) is 33.9 Å². The third kappa shape index (κ3) is 3.00. The zero-order chi connectivity index (χ0) is 15.9. The minimum absolute atomic E-state index is 0.144. The van der Waals surface area contributed by atoms with Crippen LogP contribution in [0.25, 0.3) is 21.5 Å². The molecule has 0 aliphatic rings. The van der Waals surface area contributed by atoms with Gasteiger partial charge in [0.15, 0.2) is 16.5 Å². The number of hydrogen-bond acceptors (Lipinski definition) is 6. The largest absolute Gasteiger partial charge is 0.434 e. The first-order valence-corrected chi connectivity index (χ1v) is 7.84. The number of rotatable bonds is 2. The van der Waals surface area contributed by atoms with Gasteiger partial charge in [-0.1, -0.05) is 0 Å². The van der Waals surface area contributed by atoms with Crippen molar-refractivity contribution in [2.75, 3.05) is 0 Å². The molecule has 9 heteroatoms. The van der Waals surface area contributed by atoms with E-state index in [2.05, 4.69) is 19.9 Å². The number of nitrogens with zero attached hydrogens (tertiary/aromatic N) is 4. The molecule has 4 nitrogen and oxygen atoms in total. The minimum Gasteiger partial charge on any atom is -0.243 e. The van der Waals surface area contributed by atoms with Crippen molar-refractivity contribution < 1.29 is 13.2 Å². The van der Waals surface area contributed by atoms with Crippen LogP contribution in [-0.2, 0) is 6.18 Å². The van der Waals surface area contributed by atoms with E-state index in [-0.39, 0.29) is 10.8 Å². The van der Waals surface area contributed by atoms with E-state index in [1.54, 1.807) is 19.2 Å². The van der Waals surface area contributed by atoms with E-state index in [9.17, 15) is 13.2 Å². The Hall–Kier alpha value is -1.87. The molecule has 0 amide bonds. The molecule has 0 saturated carbocycles. The lowest BCUT2D eigenvalue weighted by atomic mass is 10.3. The summed E-state index contributed by atoms with van der Waals surface area (Å²) in [4.78, 5) is 17.3. The summed E-state index contributed by atoms with van der Waals surface area (Å²) < 4.78 is 37.9. The summed E-state index contributed by atoms with van der Waals surface area (Å²) in [6, 6.07) is 1.75. The van der Waals surface area contributed by atoms with Crippen molar-refractivity contribution >= 4 is 22.7 Å². The molecular weight excluding hydrogens is 333 g/mol. The highest BCUT2D eigenvalue weighted by Crippen LogP contribution is 2.33. The molecule has 0 aliphatic heterocycles. The van der Waals surface area contributed by atoms with Gasteiger partial charge in [-0.3, -0.25) is 0 Å². The fraction of sp³-hybridized carbons (Fsp3) is 0.231. The van der Waals surface area contributed by atoms with Crippen LogP contribution in [-0.4, -0.2) is 19.9 Å². The predicted molar refractivity (Wildman–Crippen MR) is 78.7 cm³/mol. The molecule has 3 aromatic rings. The molecule has 0 N–H and O–H groups in total. The molecule has 0 unspecified atom stereocenters. The van der Waals surface area contributed by atoms with Gasteiger partial charge in [0.2, 0.25) is 0 Å². The molecular formula is C13H9F3N4S2. The summed E-state index contributed by atoms with van der Waals surface area (Å²) in [5.74, 6) is 0.184. The molecule has 3 aromatic heterocycles. The van der Waals surface area contributed by atoms with Crippen LogP contribution in [0.1, 0.15) is 16.3 Å². The second-order valence-corrected chi connectivity index (χ2v) is 6.62. The van der Waals surface area contributed by atoms with Gasteiger partial charge in [0.25, 0.3) is 0 Å². The predicted octanol–water partition coefficient (Wildman–Crippen LogP) is 4.36. The van der Waals surface area contributed by atoms with E-state index in [1.165, 1.54) is 11.3 Å². The monoisotopic (exact) mass is 342 g/mol. The number of alkyl halides is 3. The van der Waals surface area contributed by atoms with E-state index in [0.717, 1.165) is 21.6 Å². The first-order valence-electron chi connectivity index (χ1n) is 6.14. The van der Waals surface area contributed by atoms with Gasteiger partial charge in [-0.25, -0.2) is 19.9 Å². The van der Waals surface area contributed by atoms with Crippen LogP contribution in [0.15, 0.2) is 17.6 Å². The molecule has 22 heavy (non-hydrogen) atoms. The first-order chi connectivity index (χ1) is 10.3. The topological polar surface area (TPSA) is 51.6 Å². The molecule has 0 spiro atoms. The summed E-state index contributed by atoms with van der Waals surface area (Å²) in [5, 5.41) is 1.82. The van der Waals surface area contributed by atoms with Crippen LogP contribution in [0.2, 0.25) is 0 Å². The zero-order valence-electron chi connectivity index (χ0n) is 11.5. The van der Waals surface area contributed by atoms with Crippen molar-refractivity contribution in [1.82, 2.24) is 19.9 Å². The highest BCUT2D eigenvalue weighted by Gasteiger charge is 2.34.